The molecule has 19 heavy (non-hydrogen) atoms. The van der Waals surface area contributed by atoms with Gasteiger partial charge < -0.3 is 14.0 Å². The molecule has 0 N–H and O–H groups in total. The number of methoxy groups -OCH3 is 1. The third kappa shape index (κ3) is 2.96. The predicted octanol–water partition coefficient (Wildman–Crippen LogP) is 2.22. The van der Waals surface area contributed by atoms with E-state index in [-0.39, 0.29) is 5.97 Å². The second-order valence-corrected chi connectivity index (χ2v) is 4.90. The van der Waals surface area contributed by atoms with Crippen molar-refractivity contribution in [3.8, 4) is 0 Å². The van der Waals surface area contributed by atoms with Crippen LogP contribution in [0.3, 0.4) is 0 Å². The highest BCUT2D eigenvalue weighted by molar-refractivity contribution is 5.97. The predicted molar refractivity (Wildman–Crippen MR) is 75.6 cm³/mol. The number of carbonyl (C=O) groups excluding carboxylic acids is 1. The zero-order valence-electron chi connectivity index (χ0n) is 11.7. The average molecular weight is 260 g/mol. The van der Waals surface area contributed by atoms with Gasteiger partial charge in [-0.25, -0.2) is 4.79 Å². The van der Waals surface area contributed by atoms with Crippen molar-refractivity contribution in [1.29, 1.82) is 0 Å². The summed E-state index contributed by atoms with van der Waals surface area (Å²) >= 11 is 0. The summed E-state index contributed by atoms with van der Waals surface area (Å²) in [5.41, 5.74) is 2.74. The lowest BCUT2D eigenvalue weighted by atomic mass is 10.1. The first-order valence-electron chi connectivity index (χ1n) is 6.45. The molecule has 4 heteroatoms. The van der Waals surface area contributed by atoms with Crippen molar-refractivity contribution < 1.29 is 9.53 Å². The topological polar surface area (TPSA) is 34.0 Å². The molecule has 0 aliphatic carbocycles. The molecule has 0 aromatic carbocycles. The molecule has 0 saturated carbocycles. The Bertz CT molecular complexity index is 573. The van der Waals surface area contributed by atoms with Crippen LogP contribution in [0.5, 0.6) is 0 Å². The molecule has 102 valence electrons. The molecule has 0 bridgehead atoms. The molecule has 4 nitrogen and oxygen atoms in total. The minimum atomic E-state index is -0.288. The number of fused-ring (bicyclic) bond motifs is 1. The van der Waals surface area contributed by atoms with Gasteiger partial charge in [-0.3, -0.25) is 0 Å². The van der Waals surface area contributed by atoms with Crippen molar-refractivity contribution in [2.75, 3.05) is 27.7 Å². The van der Waals surface area contributed by atoms with Gasteiger partial charge in [0.2, 0.25) is 0 Å². The van der Waals surface area contributed by atoms with Crippen LogP contribution in [0.4, 0.5) is 0 Å². The van der Waals surface area contributed by atoms with Crippen LogP contribution in [0.2, 0.25) is 0 Å². The largest absolute Gasteiger partial charge is 0.465 e. The van der Waals surface area contributed by atoms with Gasteiger partial charge in [-0.05, 0) is 57.7 Å². The van der Waals surface area contributed by atoms with E-state index < -0.39 is 0 Å². The molecular weight excluding hydrogens is 240 g/mol. The first-order valence-corrected chi connectivity index (χ1v) is 6.45. The van der Waals surface area contributed by atoms with Crippen molar-refractivity contribution in [1.82, 2.24) is 9.30 Å². The number of aryl methyl sites for hydroxylation is 1. The number of carbonyl (C=O) groups is 1. The van der Waals surface area contributed by atoms with E-state index in [9.17, 15) is 4.79 Å². The second-order valence-electron chi connectivity index (χ2n) is 4.90. The number of esters is 1. The van der Waals surface area contributed by atoms with Crippen LogP contribution in [0.1, 0.15) is 22.5 Å². The van der Waals surface area contributed by atoms with Crippen molar-refractivity contribution in [3.05, 3.63) is 41.7 Å². The zero-order valence-corrected chi connectivity index (χ0v) is 11.7. The Hall–Kier alpha value is -1.81. The molecule has 0 spiro atoms. The van der Waals surface area contributed by atoms with Crippen LogP contribution in [0.25, 0.3) is 5.52 Å². The van der Waals surface area contributed by atoms with E-state index in [1.807, 2.05) is 30.5 Å². The van der Waals surface area contributed by atoms with Gasteiger partial charge >= 0.3 is 5.97 Å². The van der Waals surface area contributed by atoms with Crippen LogP contribution in [-0.2, 0) is 11.2 Å². The molecule has 0 unspecified atom stereocenters. The lowest BCUT2D eigenvalue weighted by Gasteiger charge is -2.12. The van der Waals surface area contributed by atoms with E-state index in [0.717, 1.165) is 24.9 Å². The van der Waals surface area contributed by atoms with Gasteiger partial charge in [0.1, 0.15) is 0 Å². The van der Waals surface area contributed by atoms with Gasteiger partial charge in [0.25, 0.3) is 0 Å². The molecule has 0 amide bonds. The van der Waals surface area contributed by atoms with Gasteiger partial charge in [-0.15, -0.1) is 0 Å². The fourth-order valence-electron chi connectivity index (χ4n) is 2.26. The van der Waals surface area contributed by atoms with Gasteiger partial charge in [-0.1, -0.05) is 0 Å². The molecule has 0 fully saturated rings. The van der Waals surface area contributed by atoms with E-state index in [4.69, 9.17) is 4.74 Å². The number of aromatic nitrogens is 1. The minimum Gasteiger partial charge on any atom is -0.465 e. The van der Waals surface area contributed by atoms with E-state index in [1.54, 1.807) is 0 Å². The second kappa shape index (κ2) is 5.89. The third-order valence-electron chi connectivity index (χ3n) is 3.22. The maximum atomic E-state index is 11.7. The number of pyridine rings is 1. The SMILES string of the molecule is COC(=O)c1ccc(CCCN(C)C)n2cccc12. The fourth-order valence-corrected chi connectivity index (χ4v) is 2.26. The van der Waals surface area contributed by atoms with Crippen molar-refractivity contribution in [2.45, 2.75) is 12.8 Å². The average Bonchev–Trinajstić information content (AvgIpc) is 2.87. The number of hydrogen-bond donors (Lipinski definition) is 0. The third-order valence-corrected chi connectivity index (χ3v) is 3.22. The highest BCUT2D eigenvalue weighted by Crippen LogP contribution is 2.17. The standard InChI is InChI=1S/C15H20N2O2/c1-16(2)10-4-6-12-8-9-13(15(18)19-3)14-7-5-11-17(12)14/h5,7-9,11H,4,6,10H2,1-3H3. The molecule has 0 aliphatic rings. The van der Waals surface area contributed by atoms with Crippen molar-refractivity contribution >= 4 is 11.5 Å². The van der Waals surface area contributed by atoms with Gasteiger partial charge in [0.15, 0.2) is 0 Å². The van der Waals surface area contributed by atoms with E-state index >= 15 is 0 Å². The van der Waals surface area contributed by atoms with Crippen LogP contribution in [0.15, 0.2) is 30.5 Å². The van der Waals surface area contributed by atoms with Gasteiger partial charge in [-0.2, -0.15) is 0 Å². The highest BCUT2D eigenvalue weighted by Gasteiger charge is 2.12. The summed E-state index contributed by atoms with van der Waals surface area (Å²) in [6, 6.07) is 7.76. The van der Waals surface area contributed by atoms with E-state index in [1.165, 1.54) is 12.8 Å². The Balaban J connectivity index is 2.27. The Morgan fingerprint density at radius 1 is 1.32 bits per heavy atom. The van der Waals surface area contributed by atoms with E-state index in [2.05, 4.69) is 23.4 Å². The summed E-state index contributed by atoms with van der Waals surface area (Å²) in [5.74, 6) is -0.288. The first-order chi connectivity index (χ1) is 9.13. The molecule has 2 aromatic heterocycles. The molecule has 2 rings (SSSR count). The van der Waals surface area contributed by atoms with Gasteiger partial charge in [0.05, 0.1) is 18.2 Å². The first kappa shape index (κ1) is 13.6. The normalized spacial score (nSPS) is 11.2. The fraction of sp³-hybridized carbons (Fsp3) is 0.400. The maximum Gasteiger partial charge on any atom is 0.339 e. The molecule has 2 aromatic rings. The van der Waals surface area contributed by atoms with E-state index in [0.29, 0.717) is 5.56 Å². The van der Waals surface area contributed by atoms with Crippen LogP contribution in [-0.4, -0.2) is 43.0 Å². The van der Waals surface area contributed by atoms with Crippen molar-refractivity contribution in [2.24, 2.45) is 0 Å². The monoisotopic (exact) mass is 260 g/mol. The quantitative estimate of drug-likeness (QED) is 0.773. The lowest BCUT2D eigenvalue weighted by Crippen LogP contribution is -2.14. The van der Waals surface area contributed by atoms with Crippen LogP contribution in [0, 0.1) is 0 Å². The number of ether oxygens (including phenoxy) is 1. The Kier molecular flexibility index (Phi) is 4.22. The smallest absolute Gasteiger partial charge is 0.339 e. The summed E-state index contributed by atoms with van der Waals surface area (Å²) in [7, 11) is 5.56. The molecular formula is C15H20N2O2. The van der Waals surface area contributed by atoms with Crippen LogP contribution >= 0.6 is 0 Å². The van der Waals surface area contributed by atoms with Gasteiger partial charge in [0, 0.05) is 11.9 Å². The maximum absolute atomic E-state index is 11.7. The Labute approximate surface area is 113 Å². The zero-order chi connectivity index (χ0) is 13.8. The van der Waals surface area contributed by atoms with Crippen molar-refractivity contribution in [3.63, 3.8) is 0 Å². The molecule has 0 aliphatic heterocycles. The Morgan fingerprint density at radius 3 is 2.79 bits per heavy atom. The summed E-state index contributed by atoms with van der Waals surface area (Å²) in [6.07, 6.45) is 4.08. The highest BCUT2D eigenvalue weighted by atomic mass is 16.5. The molecule has 0 saturated heterocycles. The molecule has 0 radical (unpaired) electrons. The molecule has 0 atom stereocenters. The minimum absolute atomic E-state index is 0.288. The number of hydrogen-bond acceptors (Lipinski definition) is 3. The summed E-state index contributed by atoms with van der Waals surface area (Å²) in [5, 5.41) is 0. The summed E-state index contributed by atoms with van der Waals surface area (Å²) < 4.78 is 6.88. The summed E-state index contributed by atoms with van der Waals surface area (Å²) in [6.45, 7) is 1.06. The summed E-state index contributed by atoms with van der Waals surface area (Å²) in [4.78, 5) is 13.9. The Morgan fingerprint density at radius 2 is 2.11 bits per heavy atom. The molecule has 2 heterocycles. The number of nitrogens with zero attached hydrogens (tertiary/aromatic N) is 2. The van der Waals surface area contributed by atoms with Crippen LogP contribution < -0.4 is 0 Å². The lowest BCUT2D eigenvalue weighted by molar-refractivity contribution is 0.0602. The number of rotatable bonds is 5.